The van der Waals surface area contributed by atoms with Gasteiger partial charge in [0.1, 0.15) is 31.3 Å². The van der Waals surface area contributed by atoms with Gasteiger partial charge in [-0.05, 0) is 30.7 Å². The third-order valence-corrected chi connectivity index (χ3v) is 4.79. The number of ether oxygens (including phenoxy) is 4. The summed E-state index contributed by atoms with van der Waals surface area (Å²) in [5, 5.41) is 8.78. The predicted octanol–water partition coefficient (Wildman–Crippen LogP) is 3.90. The van der Waals surface area contributed by atoms with Crippen LogP contribution in [-0.2, 0) is 19.7 Å². The first-order chi connectivity index (χ1) is 14.9. The monoisotopic (exact) mass is 428 g/mol. The number of carbonyl (C=O) groups is 1. The molecule has 0 aromatic heterocycles. The lowest BCUT2D eigenvalue weighted by Crippen LogP contribution is -2.21. The molecular weight excluding hydrogens is 396 g/mol. The fraction of sp³-hybridized carbons (Fsp3) is 0.400. The lowest BCUT2D eigenvalue weighted by molar-refractivity contribution is -0.139. The van der Waals surface area contributed by atoms with Gasteiger partial charge in [-0.1, -0.05) is 50.8 Å². The number of benzene rings is 2. The Balaban J connectivity index is 1.99. The van der Waals surface area contributed by atoms with Crippen LogP contribution < -0.4 is 9.47 Å². The molecule has 0 unspecified atom stereocenters. The van der Waals surface area contributed by atoms with Crippen LogP contribution in [0.5, 0.6) is 11.5 Å². The number of para-hydroxylation sites is 1. The third kappa shape index (κ3) is 7.42. The van der Waals surface area contributed by atoms with Crippen LogP contribution in [0, 0.1) is 0 Å². The summed E-state index contributed by atoms with van der Waals surface area (Å²) in [5.41, 5.74) is 2.25. The Morgan fingerprint density at radius 1 is 0.935 bits per heavy atom. The van der Waals surface area contributed by atoms with Crippen molar-refractivity contribution in [3.05, 3.63) is 71.8 Å². The van der Waals surface area contributed by atoms with Gasteiger partial charge in [0.2, 0.25) is 0 Å². The zero-order valence-electron chi connectivity index (χ0n) is 18.6. The molecule has 0 bridgehead atoms. The molecule has 0 radical (unpaired) electrons. The zero-order chi connectivity index (χ0) is 22.7. The maximum atomic E-state index is 11.4. The molecule has 0 aliphatic rings. The van der Waals surface area contributed by atoms with Crippen molar-refractivity contribution in [3.8, 4) is 11.5 Å². The molecule has 31 heavy (non-hydrogen) atoms. The van der Waals surface area contributed by atoms with E-state index in [9.17, 15) is 4.79 Å². The molecule has 0 fully saturated rings. The maximum absolute atomic E-state index is 11.4. The summed E-state index contributed by atoms with van der Waals surface area (Å²) in [4.78, 5) is 11.4. The summed E-state index contributed by atoms with van der Waals surface area (Å²) in [6.07, 6.45) is 0. The van der Waals surface area contributed by atoms with E-state index in [2.05, 4.69) is 26.5 Å². The molecule has 6 heteroatoms. The molecule has 6 nitrogen and oxygen atoms in total. The average molecular weight is 429 g/mol. The van der Waals surface area contributed by atoms with Crippen molar-refractivity contribution < 1.29 is 28.8 Å². The van der Waals surface area contributed by atoms with Gasteiger partial charge in [0, 0.05) is 16.6 Å². The Kier molecular flexibility index (Phi) is 9.56. The number of carbonyl (C=O) groups excluding carboxylic acids is 1. The van der Waals surface area contributed by atoms with E-state index < -0.39 is 5.97 Å². The van der Waals surface area contributed by atoms with Crippen molar-refractivity contribution in [2.24, 2.45) is 0 Å². The van der Waals surface area contributed by atoms with Crippen molar-refractivity contribution in [2.75, 3.05) is 39.6 Å². The van der Waals surface area contributed by atoms with E-state index in [-0.39, 0.29) is 25.2 Å². The normalized spacial score (nSPS) is 11.1. The molecular formula is C25H32O6. The summed E-state index contributed by atoms with van der Waals surface area (Å²) < 4.78 is 21.9. The highest BCUT2D eigenvalue weighted by atomic mass is 16.6. The molecule has 168 valence electrons. The van der Waals surface area contributed by atoms with Crippen LogP contribution >= 0.6 is 0 Å². The summed E-state index contributed by atoms with van der Waals surface area (Å²) in [6.45, 7) is 11.0. The quantitative estimate of drug-likeness (QED) is 0.296. The van der Waals surface area contributed by atoms with Gasteiger partial charge in [0.05, 0.1) is 19.8 Å². The molecule has 0 amide bonds. The van der Waals surface area contributed by atoms with Crippen molar-refractivity contribution in [2.45, 2.75) is 26.2 Å². The Morgan fingerprint density at radius 3 is 2.29 bits per heavy atom. The Hall–Kier alpha value is -2.83. The Morgan fingerprint density at radius 2 is 1.61 bits per heavy atom. The largest absolute Gasteiger partial charge is 0.491 e. The molecule has 1 N–H and O–H groups in total. The molecule has 2 aromatic carbocycles. The second kappa shape index (κ2) is 12.1. The van der Waals surface area contributed by atoms with Gasteiger partial charge in [-0.15, -0.1) is 0 Å². The zero-order valence-corrected chi connectivity index (χ0v) is 18.6. The highest BCUT2D eigenvalue weighted by Crippen LogP contribution is 2.37. The molecule has 0 aliphatic heterocycles. The van der Waals surface area contributed by atoms with Crippen molar-refractivity contribution >= 4 is 5.97 Å². The first kappa shape index (κ1) is 24.4. The van der Waals surface area contributed by atoms with Crippen molar-refractivity contribution in [3.63, 3.8) is 0 Å². The molecule has 0 aliphatic carbocycles. The number of hydrogen-bond acceptors (Lipinski definition) is 6. The number of hydrogen-bond donors (Lipinski definition) is 1. The lowest BCUT2D eigenvalue weighted by Gasteiger charge is -2.28. The van der Waals surface area contributed by atoms with Gasteiger partial charge in [-0.2, -0.15) is 0 Å². The molecule has 0 atom stereocenters. The van der Waals surface area contributed by atoms with Gasteiger partial charge in [0.25, 0.3) is 0 Å². The number of esters is 1. The number of aliphatic hydroxyl groups excluding tert-OH is 1. The van der Waals surface area contributed by atoms with Crippen LogP contribution in [0.4, 0.5) is 0 Å². The molecule has 0 saturated heterocycles. The molecule has 2 aromatic rings. The smallest absolute Gasteiger partial charge is 0.333 e. The second-order valence-corrected chi connectivity index (χ2v) is 7.59. The van der Waals surface area contributed by atoms with Crippen LogP contribution in [0.15, 0.2) is 60.7 Å². The number of aliphatic hydroxyl groups is 1. The van der Waals surface area contributed by atoms with Gasteiger partial charge in [-0.25, -0.2) is 4.79 Å². The van der Waals surface area contributed by atoms with Crippen molar-refractivity contribution in [1.29, 1.82) is 0 Å². The van der Waals surface area contributed by atoms with Crippen LogP contribution in [0.25, 0.3) is 0 Å². The summed E-state index contributed by atoms with van der Waals surface area (Å²) in [7, 11) is 0. The average Bonchev–Trinajstić information content (AvgIpc) is 2.77. The second-order valence-electron chi connectivity index (χ2n) is 7.59. The van der Waals surface area contributed by atoms with Gasteiger partial charge >= 0.3 is 5.97 Å². The molecule has 0 heterocycles. The first-order valence-corrected chi connectivity index (χ1v) is 10.3. The highest BCUT2D eigenvalue weighted by Gasteiger charge is 2.26. The van der Waals surface area contributed by atoms with E-state index in [1.54, 1.807) is 6.92 Å². The van der Waals surface area contributed by atoms with E-state index in [0.717, 1.165) is 16.9 Å². The summed E-state index contributed by atoms with van der Waals surface area (Å²) in [6, 6.07) is 15.8. The van der Waals surface area contributed by atoms with E-state index in [0.29, 0.717) is 31.1 Å². The van der Waals surface area contributed by atoms with Crippen LogP contribution in [0.1, 0.15) is 31.9 Å². The van der Waals surface area contributed by atoms with Crippen molar-refractivity contribution in [1.82, 2.24) is 0 Å². The number of rotatable bonds is 13. The van der Waals surface area contributed by atoms with Crippen LogP contribution in [0.2, 0.25) is 0 Å². The van der Waals surface area contributed by atoms with Gasteiger partial charge < -0.3 is 24.1 Å². The standard InChI is InChI=1S/C25H32O6/c1-19(2)24(27)31-18-17-29-21-11-9-20(10-12-21)25(3,4)22-7-5-6-8-23(22)30-16-15-28-14-13-26/h5-12,26H,1,13-18H2,2-4H3. The molecule has 0 saturated carbocycles. The fourth-order valence-corrected chi connectivity index (χ4v) is 3.03. The minimum Gasteiger partial charge on any atom is -0.491 e. The van der Waals surface area contributed by atoms with E-state index in [1.165, 1.54) is 0 Å². The minimum absolute atomic E-state index is 0.00295. The summed E-state index contributed by atoms with van der Waals surface area (Å²) in [5.74, 6) is 1.10. The van der Waals surface area contributed by atoms with Crippen LogP contribution in [-0.4, -0.2) is 50.7 Å². The minimum atomic E-state index is -0.415. The maximum Gasteiger partial charge on any atom is 0.333 e. The van der Waals surface area contributed by atoms with Gasteiger partial charge in [-0.3, -0.25) is 0 Å². The topological polar surface area (TPSA) is 74.2 Å². The van der Waals surface area contributed by atoms with Crippen LogP contribution in [0.3, 0.4) is 0 Å². The SMILES string of the molecule is C=C(C)C(=O)OCCOc1ccc(C(C)(C)c2ccccc2OCCOCCO)cc1. The lowest BCUT2D eigenvalue weighted by atomic mass is 9.77. The third-order valence-electron chi connectivity index (χ3n) is 4.79. The highest BCUT2D eigenvalue weighted by molar-refractivity contribution is 5.86. The first-order valence-electron chi connectivity index (χ1n) is 10.3. The molecule has 0 spiro atoms. The fourth-order valence-electron chi connectivity index (χ4n) is 3.03. The van der Waals surface area contributed by atoms with E-state index >= 15 is 0 Å². The summed E-state index contributed by atoms with van der Waals surface area (Å²) >= 11 is 0. The molecule has 2 rings (SSSR count). The Bertz CT molecular complexity index is 841. The predicted molar refractivity (Wildman–Crippen MR) is 120 cm³/mol. The van der Waals surface area contributed by atoms with E-state index in [4.69, 9.17) is 24.1 Å². The Labute approximate surface area is 184 Å². The van der Waals surface area contributed by atoms with Gasteiger partial charge in [0.15, 0.2) is 0 Å². The van der Waals surface area contributed by atoms with E-state index in [1.807, 2.05) is 42.5 Å².